The molecular formula is C24H24N2O5. The fourth-order valence-corrected chi connectivity index (χ4v) is 2.75. The summed E-state index contributed by atoms with van der Waals surface area (Å²) in [5, 5.41) is 3.99. The lowest BCUT2D eigenvalue weighted by Crippen LogP contribution is -2.18. The highest BCUT2D eigenvalue weighted by molar-refractivity contribution is 5.95. The first-order chi connectivity index (χ1) is 14.8. The molecule has 1 heterocycles. The van der Waals surface area contributed by atoms with Gasteiger partial charge in [0.1, 0.15) is 0 Å². The Morgan fingerprint density at radius 1 is 1.03 bits per heavy atom. The van der Waals surface area contributed by atoms with Crippen molar-refractivity contribution in [1.29, 1.82) is 0 Å². The zero-order chi connectivity index (χ0) is 22.4. The first-order valence-electron chi connectivity index (χ1n) is 9.65. The fraction of sp³-hybridized carbons (Fsp3) is 0.208. The topological polar surface area (TPSA) is 90.1 Å². The third-order valence-electron chi connectivity index (χ3n) is 4.51. The molecular weight excluding hydrogens is 396 g/mol. The van der Waals surface area contributed by atoms with Crippen LogP contribution in [0.3, 0.4) is 0 Å². The smallest absolute Gasteiger partial charge is 0.379 e. The minimum atomic E-state index is -0.630. The molecule has 160 valence electrons. The van der Waals surface area contributed by atoms with Crippen molar-refractivity contribution in [2.45, 2.75) is 26.2 Å². The van der Waals surface area contributed by atoms with Gasteiger partial charge in [-0.05, 0) is 59.0 Å². The SMILES string of the molecule is COc1cc(/C=N\NC(=O)c2ccc(C(C)(C)C)cc2)ccc1OC(=O)c1ccco1. The Morgan fingerprint density at radius 2 is 1.77 bits per heavy atom. The molecule has 0 aliphatic heterocycles. The second-order valence-corrected chi connectivity index (χ2v) is 7.80. The van der Waals surface area contributed by atoms with Crippen molar-refractivity contribution in [1.82, 2.24) is 5.43 Å². The highest BCUT2D eigenvalue weighted by atomic mass is 16.6. The molecule has 0 unspecified atom stereocenters. The van der Waals surface area contributed by atoms with Crippen LogP contribution in [0.5, 0.6) is 11.5 Å². The van der Waals surface area contributed by atoms with E-state index in [1.54, 1.807) is 36.4 Å². The average molecular weight is 420 g/mol. The van der Waals surface area contributed by atoms with Crippen molar-refractivity contribution in [3.05, 3.63) is 83.3 Å². The van der Waals surface area contributed by atoms with E-state index in [0.717, 1.165) is 5.56 Å². The molecule has 0 saturated heterocycles. The highest BCUT2D eigenvalue weighted by Gasteiger charge is 2.15. The van der Waals surface area contributed by atoms with E-state index in [0.29, 0.717) is 16.9 Å². The molecule has 0 aliphatic carbocycles. The summed E-state index contributed by atoms with van der Waals surface area (Å²) in [6, 6.07) is 15.4. The number of esters is 1. The summed E-state index contributed by atoms with van der Waals surface area (Å²) < 4.78 is 15.6. The third-order valence-corrected chi connectivity index (χ3v) is 4.51. The number of nitrogens with zero attached hydrogens (tertiary/aromatic N) is 1. The van der Waals surface area contributed by atoms with Gasteiger partial charge in [-0.15, -0.1) is 0 Å². The van der Waals surface area contributed by atoms with Crippen LogP contribution in [0.15, 0.2) is 70.4 Å². The predicted octanol–water partition coefficient (Wildman–Crippen LogP) is 4.57. The minimum Gasteiger partial charge on any atom is -0.493 e. The van der Waals surface area contributed by atoms with Gasteiger partial charge in [-0.25, -0.2) is 10.2 Å². The molecule has 1 amide bonds. The zero-order valence-corrected chi connectivity index (χ0v) is 17.8. The molecule has 2 aromatic carbocycles. The van der Waals surface area contributed by atoms with Gasteiger partial charge in [0, 0.05) is 5.56 Å². The number of rotatable bonds is 6. The van der Waals surface area contributed by atoms with E-state index in [4.69, 9.17) is 13.9 Å². The van der Waals surface area contributed by atoms with Gasteiger partial charge in [-0.1, -0.05) is 32.9 Å². The number of nitrogens with one attached hydrogen (secondary N) is 1. The molecule has 7 nitrogen and oxygen atoms in total. The summed E-state index contributed by atoms with van der Waals surface area (Å²) in [6.07, 6.45) is 2.86. The molecule has 3 rings (SSSR count). The van der Waals surface area contributed by atoms with E-state index in [1.165, 1.54) is 25.7 Å². The summed E-state index contributed by atoms with van der Waals surface area (Å²) in [7, 11) is 1.46. The first-order valence-corrected chi connectivity index (χ1v) is 9.65. The van der Waals surface area contributed by atoms with E-state index in [9.17, 15) is 9.59 Å². The maximum Gasteiger partial charge on any atom is 0.379 e. The number of benzene rings is 2. The molecule has 0 spiro atoms. The molecule has 0 bridgehead atoms. The van der Waals surface area contributed by atoms with Gasteiger partial charge in [0.05, 0.1) is 19.6 Å². The number of ether oxygens (including phenoxy) is 2. The average Bonchev–Trinajstić information content (AvgIpc) is 3.29. The van der Waals surface area contributed by atoms with Crippen LogP contribution in [0, 0.1) is 0 Å². The molecule has 31 heavy (non-hydrogen) atoms. The third kappa shape index (κ3) is 5.60. The first kappa shape index (κ1) is 21.8. The molecule has 0 fully saturated rings. The van der Waals surface area contributed by atoms with E-state index in [2.05, 4.69) is 31.3 Å². The number of carbonyl (C=O) groups excluding carboxylic acids is 2. The van der Waals surface area contributed by atoms with Gasteiger partial charge in [-0.3, -0.25) is 4.79 Å². The largest absolute Gasteiger partial charge is 0.493 e. The van der Waals surface area contributed by atoms with Crippen LogP contribution in [0.4, 0.5) is 0 Å². The Labute approximate surface area is 180 Å². The van der Waals surface area contributed by atoms with Crippen LogP contribution >= 0.6 is 0 Å². The number of hydrogen-bond donors (Lipinski definition) is 1. The van der Waals surface area contributed by atoms with Crippen LogP contribution in [0.2, 0.25) is 0 Å². The lowest BCUT2D eigenvalue weighted by atomic mass is 9.87. The maximum absolute atomic E-state index is 12.3. The maximum atomic E-state index is 12.3. The predicted molar refractivity (Wildman–Crippen MR) is 117 cm³/mol. The van der Waals surface area contributed by atoms with Crippen molar-refractivity contribution in [3.63, 3.8) is 0 Å². The Bertz CT molecular complexity index is 1080. The molecule has 0 aliphatic rings. The number of hydrogen-bond acceptors (Lipinski definition) is 6. The van der Waals surface area contributed by atoms with Crippen LogP contribution in [0.25, 0.3) is 0 Å². The van der Waals surface area contributed by atoms with E-state index in [1.807, 2.05) is 12.1 Å². The second kappa shape index (κ2) is 9.30. The molecule has 0 atom stereocenters. The van der Waals surface area contributed by atoms with Crippen LogP contribution in [-0.4, -0.2) is 25.2 Å². The van der Waals surface area contributed by atoms with Gasteiger partial charge in [0.15, 0.2) is 11.5 Å². The Kier molecular flexibility index (Phi) is 6.55. The quantitative estimate of drug-likeness (QED) is 0.273. The summed E-state index contributed by atoms with van der Waals surface area (Å²) in [4.78, 5) is 24.3. The zero-order valence-electron chi connectivity index (χ0n) is 17.8. The monoisotopic (exact) mass is 420 g/mol. The Balaban J connectivity index is 1.64. The van der Waals surface area contributed by atoms with Gasteiger partial charge in [-0.2, -0.15) is 5.10 Å². The van der Waals surface area contributed by atoms with Gasteiger partial charge >= 0.3 is 5.97 Å². The lowest BCUT2D eigenvalue weighted by molar-refractivity contribution is 0.0696. The molecule has 0 radical (unpaired) electrons. The summed E-state index contributed by atoms with van der Waals surface area (Å²) >= 11 is 0. The molecule has 0 saturated carbocycles. The summed E-state index contributed by atoms with van der Waals surface area (Å²) in [5.41, 5.74) is 4.83. The normalized spacial score (nSPS) is 11.4. The number of amides is 1. The molecule has 1 N–H and O–H groups in total. The second-order valence-electron chi connectivity index (χ2n) is 7.80. The molecule has 1 aromatic heterocycles. The number of carbonyl (C=O) groups is 2. The lowest BCUT2D eigenvalue weighted by Gasteiger charge is -2.18. The minimum absolute atomic E-state index is 0.0185. The van der Waals surface area contributed by atoms with E-state index < -0.39 is 5.97 Å². The van der Waals surface area contributed by atoms with Crippen LogP contribution in [0.1, 0.15) is 52.8 Å². The highest BCUT2D eigenvalue weighted by Crippen LogP contribution is 2.28. The molecule has 3 aromatic rings. The van der Waals surface area contributed by atoms with Crippen LogP contribution < -0.4 is 14.9 Å². The van der Waals surface area contributed by atoms with Gasteiger partial charge < -0.3 is 13.9 Å². The van der Waals surface area contributed by atoms with Crippen molar-refractivity contribution in [2.24, 2.45) is 5.10 Å². The number of methoxy groups -OCH3 is 1. The van der Waals surface area contributed by atoms with E-state index in [-0.39, 0.29) is 22.8 Å². The van der Waals surface area contributed by atoms with Gasteiger partial charge in [0.2, 0.25) is 5.76 Å². The fourth-order valence-electron chi connectivity index (χ4n) is 2.75. The van der Waals surface area contributed by atoms with Crippen LogP contribution in [-0.2, 0) is 5.41 Å². The van der Waals surface area contributed by atoms with Crippen molar-refractivity contribution in [2.75, 3.05) is 7.11 Å². The molecule has 7 heteroatoms. The standard InChI is InChI=1S/C24H24N2O5/c1-24(2,3)18-10-8-17(9-11-18)22(27)26-25-15-16-7-12-19(21(14-16)29-4)31-23(28)20-6-5-13-30-20/h5-15H,1-4H3,(H,26,27)/b25-15-. The van der Waals surface area contributed by atoms with Crippen molar-refractivity contribution < 1.29 is 23.5 Å². The number of hydrazone groups is 1. The summed E-state index contributed by atoms with van der Waals surface area (Å²) in [6.45, 7) is 6.34. The van der Waals surface area contributed by atoms with Crippen molar-refractivity contribution >= 4 is 18.1 Å². The Morgan fingerprint density at radius 3 is 2.39 bits per heavy atom. The van der Waals surface area contributed by atoms with Crippen molar-refractivity contribution in [3.8, 4) is 11.5 Å². The van der Waals surface area contributed by atoms with Gasteiger partial charge in [0.25, 0.3) is 5.91 Å². The van der Waals surface area contributed by atoms with E-state index >= 15 is 0 Å². The summed E-state index contributed by atoms with van der Waals surface area (Å²) in [5.74, 6) is -0.273. The Hall–Kier alpha value is -3.87. The number of furan rings is 1.